The van der Waals surface area contributed by atoms with E-state index < -0.39 is 0 Å². The number of rotatable bonds is 4. The van der Waals surface area contributed by atoms with Crippen molar-refractivity contribution in [3.05, 3.63) is 36.8 Å². The normalized spacial score (nSPS) is 19.2. The SMILES string of the molecule is c1cc2c3cnc(Nc4ccc(N5CCCC5)nn4)nc3n([C@H]3CCOC3)c2cn1. The maximum Gasteiger partial charge on any atom is 0.230 e. The molecule has 152 valence electrons. The Morgan fingerprint density at radius 3 is 2.77 bits per heavy atom. The Morgan fingerprint density at radius 1 is 1.03 bits per heavy atom. The average molecular weight is 402 g/mol. The Kier molecular flexibility index (Phi) is 4.19. The van der Waals surface area contributed by atoms with Crippen LogP contribution in [-0.2, 0) is 4.74 Å². The summed E-state index contributed by atoms with van der Waals surface area (Å²) in [4.78, 5) is 15.9. The van der Waals surface area contributed by atoms with Crippen LogP contribution in [0.5, 0.6) is 0 Å². The monoisotopic (exact) mass is 402 g/mol. The Bertz CT molecular complexity index is 1190. The number of hydrogen-bond donors (Lipinski definition) is 1. The molecule has 0 amide bonds. The second kappa shape index (κ2) is 7.17. The van der Waals surface area contributed by atoms with Crippen molar-refractivity contribution in [2.24, 2.45) is 0 Å². The van der Waals surface area contributed by atoms with Crippen LogP contribution in [0.25, 0.3) is 21.9 Å². The molecular formula is C21H22N8O. The van der Waals surface area contributed by atoms with Crippen LogP contribution in [-0.4, -0.2) is 56.0 Å². The zero-order valence-corrected chi connectivity index (χ0v) is 16.5. The van der Waals surface area contributed by atoms with Gasteiger partial charge < -0.3 is 19.5 Å². The van der Waals surface area contributed by atoms with Gasteiger partial charge in [-0.1, -0.05) is 0 Å². The van der Waals surface area contributed by atoms with Crippen LogP contribution in [0.4, 0.5) is 17.6 Å². The zero-order chi connectivity index (χ0) is 19.9. The Balaban J connectivity index is 1.36. The summed E-state index contributed by atoms with van der Waals surface area (Å²) >= 11 is 0. The van der Waals surface area contributed by atoms with Crippen LogP contribution in [0.3, 0.4) is 0 Å². The Hall–Kier alpha value is -3.33. The minimum atomic E-state index is 0.247. The minimum absolute atomic E-state index is 0.247. The van der Waals surface area contributed by atoms with Crippen LogP contribution in [0.2, 0.25) is 0 Å². The molecule has 0 spiro atoms. The van der Waals surface area contributed by atoms with E-state index in [1.54, 1.807) is 6.20 Å². The Labute approximate surface area is 173 Å². The molecule has 0 unspecified atom stereocenters. The van der Waals surface area contributed by atoms with Crippen molar-refractivity contribution in [1.82, 2.24) is 29.7 Å². The van der Waals surface area contributed by atoms with Gasteiger partial charge in [-0.15, -0.1) is 10.2 Å². The maximum atomic E-state index is 5.64. The summed E-state index contributed by atoms with van der Waals surface area (Å²) in [7, 11) is 0. The van der Waals surface area contributed by atoms with Crippen LogP contribution >= 0.6 is 0 Å². The van der Waals surface area contributed by atoms with E-state index in [1.807, 2.05) is 30.6 Å². The molecule has 4 aromatic rings. The fourth-order valence-corrected chi connectivity index (χ4v) is 4.44. The number of ether oxygens (including phenoxy) is 1. The van der Waals surface area contributed by atoms with E-state index in [9.17, 15) is 0 Å². The van der Waals surface area contributed by atoms with Crippen molar-refractivity contribution < 1.29 is 4.74 Å². The lowest BCUT2D eigenvalue weighted by atomic mass is 10.2. The fourth-order valence-electron chi connectivity index (χ4n) is 4.44. The van der Waals surface area contributed by atoms with Gasteiger partial charge in [0.05, 0.1) is 24.4 Å². The van der Waals surface area contributed by atoms with Crippen molar-refractivity contribution >= 4 is 39.5 Å². The first kappa shape index (κ1) is 17.5. The van der Waals surface area contributed by atoms with E-state index in [0.29, 0.717) is 18.4 Å². The smallest absolute Gasteiger partial charge is 0.230 e. The van der Waals surface area contributed by atoms with Crippen molar-refractivity contribution in [3.63, 3.8) is 0 Å². The third kappa shape index (κ3) is 2.93. The molecule has 4 aromatic heterocycles. The van der Waals surface area contributed by atoms with Gasteiger partial charge in [-0.25, -0.2) is 4.98 Å². The highest BCUT2D eigenvalue weighted by molar-refractivity contribution is 6.06. The quantitative estimate of drug-likeness (QED) is 0.557. The molecule has 1 N–H and O–H groups in total. The summed E-state index contributed by atoms with van der Waals surface area (Å²) < 4.78 is 7.87. The molecule has 2 aliphatic rings. The van der Waals surface area contributed by atoms with E-state index in [1.165, 1.54) is 12.8 Å². The predicted octanol–water partition coefficient (Wildman–Crippen LogP) is 3.07. The summed E-state index contributed by atoms with van der Waals surface area (Å²) in [5, 5.41) is 14.0. The van der Waals surface area contributed by atoms with Crippen molar-refractivity contribution in [2.45, 2.75) is 25.3 Å². The van der Waals surface area contributed by atoms with Gasteiger partial charge in [0.2, 0.25) is 5.95 Å². The molecule has 2 aliphatic heterocycles. The zero-order valence-electron chi connectivity index (χ0n) is 16.5. The summed E-state index contributed by atoms with van der Waals surface area (Å²) in [5.74, 6) is 2.05. The minimum Gasteiger partial charge on any atom is -0.379 e. The van der Waals surface area contributed by atoms with Crippen LogP contribution in [0, 0.1) is 0 Å². The third-order valence-corrected chi connectivity index (χ3v) is 5.94. The molecule has 6 rings (SSSR count). The van der Waals surface area contributed by atoms with Gasteiger partial charge in [-0.2, -0.15) is 4.98 Å². The number of nitrogens with one attached hydrogen (secondary N) is 1. The summed E-state index contributed by atoms with van der Waals surface area (Å²) in [5.41, 5.74) is 1.94. The van der Waals surface area contributed by atoms with Crippen molar-refractivity contribution in [2.75, 3.05) is 36.5 Å². The molecule has 0 radical (unpaired) electrons. The van der Waals surface area contributed by atoms with Gasteiger partial charge in [-0.3, -0.25) is 4.98 Å². The molecule has 0 bridgehead atoms. The summed E-state index contributed by atoms with van der Waals surface area (Å²) in [6.45, 7) is 3.54. The number of pyridine rings is 1. The van der Waals surface area contributed by atoms with E-state index >= 15 is 0 Å². The van der Waals surface area contributed by atoms with Gasteiger partial charge in [0.15, 0.2) is 11.6 Å². The standard InChI is InChI=1S/C21H22N8O/c1-2-9-28(8-1)19-4-3-18(26-27-19)24-21-23-11-16-15-5-7-22-12-17(15)29(20(16)25-21)14-6-10-30-13-14/h3-5,7,11-12,14H,1-2,6,8-10,13H2,(H,23,24,25,26)/t14-/m0/s1. The van der Waals surface area contributed by atoms with E-state index in [2.05, 4.69) is 34.9 Å². The average Bonchev–Trinajstić information content (AvgIpc) is 3.54. The highest BCUT2D eigenvalue weighted by atomic mass is 16.5. The number of fused-ring (bicyclic) bond motifs is 3. The highest BCUT2D eigenvalue weighted by Crippen LogP contribution is 2.33. The van der Waals surface area contributed by atoms with E-state index in [4.69, 9.17) is 9.72 Å². The van der Waals surface area contributed by atoms with E-state index in [-0.39, 0.29) is 6.04 Å². The van der Waals surface area contributed by atoms with Gasteiger partial charge >= 0.3 is 0 Å². The first-order valence-corrected chi connectivity index (χ1v) is 10.4. The topological polar surface area (TPSA) is 93.9 Å². The van der Waals surface area contributed by atoms with Gasteiger partial charge in [-0.05, 0) is 37.5 Å². The van der Waals surface area contributed by atoms with Crippen molar-refractivity contribution in [1.29, 1.82) is 0 Å². The first-order valence-electron chi connectivity index (χ1n) is 10.4. The lowest BCUT2D eigenvalue weighted by molar-refractivity contribution is 0.187. The summed E-state index contributed by atoms with van der Waals surface area (Å²) in [6, 6.07) is 6.19. The van der Waals surface area contributed by atoms with Gasteiger partial charge in [0, 0.05) is 42.9 Å². The molecule has 6 heterocycles. The lowest BCUT2D eigenvalue weighted by Gasteiger charge is -2.15. The molecule has 0 saturated carbocycles. The fraction of sp³-hybridized carbons (Fsp3) is 0.381. The molecular weight excluding hydrogens is 380 g/mol. The number of aromatic nitrogens is 6. The largest absolute Gasteiger partial charge is 0.379 e. The molecule has 9 heteroatoms. The third-order valence-electron chi connectivity index (χ3n) is 5.94. The molecule has 30 heavy (non-hydrogen) atoms. The second-order valence-electron chi connectivity index (χ2n) is 7.81. The maximum absolute atomic E-state index is 5.64. The van der Waals surface area contributed by atoms with Crippen LogP contribution in [0.15, 0.2) is 36.8 Å². The van der Waals surface area contributed by atoms with Gasteiger partial charge in [0.25, 0.3) is 0 Å². The van der Waals surface area contributed by atoms with E-state index in [0.717, 1.165) is 53.9 Å². The molecule has 0 aromatic carbocycles. The Morgan fingerprint density at radius 2 is 1.97 bits per heavy atom. The first-order chi connectivity index (χ1) is 14.9. The van der Waals surface area contributed by atoms with Crippen molar-refractivity contribution in [3.8, 4) is 0 Å². The molecule has 9 nitrogen and oxygen atoms in total. The summed E-state index contributed by atoms with van der Waals surface area (Å²) in [6.07, 6.45) is 8.96. The van der Waals surface area contributed by atoms with Gasteiger partial charge in [0.1, 0.15) is 5.65 Å². The predicted molar refractivity (Wildman–Crippen MR) is 114 cm³/mol. The number of nitrogens with zero attached hydrogens (tertiary/aromatic N) is 7. The lowest BCUT2D eigenvalue weighted by Crippen LogP contribution is -2.19. The number of hydrogen-bond acceptors (Lipinski definition) is 8. The van der Waals surface area contributed by atoms with Crippen LogP contribution < -0.4 is 10.2 Å². The van der Waals surface area contributed by atoms with Crippen LogP contribution in [0.1, 0.15) is 25.3 Å². The molecule has 1 atom stereocenters. The molecule has 2 saturated heterocycles. The highest BCUT2D eigenvalue weighted by Gasteiger charge is 2.24. The second-order valence-corrected chi connectivity index (χ2v) is 7.81. The molecule has 0 aliphatic carbocycles. The molecule has 2 fully saturated rings. The number of anilines is 3.